The van der Waals surface area contributed by atoms with Crippen LogP contribution in [-0.2, 0) is 6.54 Å². The van der Waals surface area contributed by atoms with Gasteiger partial charge in [0, 0.05) is 18.9 Å². The second-order valence-corrected chi connectivity index (χ2v) is 4.64. The minimum Gasteiger partial charge on any atom is -0.394 e. The van der Waals surface area contributed by atoms with E-state index in [0.29, 0.717) is 12.4 Å². The lowest BCUT2D eigenvalue weighted by molar-refractivity contribution is 0.213. The monoisotopic (exact) mass is 237 g/mol. The van der Waals surface area contributed by atoms with E-state index in [2.05, 4.69) is 10.3 Å². The first-order valence-corrected chi connectivity index (χ1v) is 6.15. The molecule has 0 aliphatic heterocycles. The first kappa shape index (κ1) is 12.1. The van der Waals surface area contributed by atoms with Crippen molar-refractivity contribution in [3.8, 4) is 0 Å². The van der Waals surface area contributed by atoms with Crippen molar-refractivity contribution in [1.29, 1.82) is 0 Å². The Morgan fingerprint density at radius 3 is 2.82 bits per heavy atom. The Morgan fingerprint density at radius 1 is 1.53 bits per heavy atom. The Balaban J connectivity index is 2.26. The van der Waals surface area contributed by atoms with Crippen LogP contribution in [0.15, 0.2) is 17.2 Å². The highest BCUT2D eigenvalue weighted by Gasteiger charge is 2.34. The predicted molar refractivity (Wildman–Crippen MR) is 66.1 cm³/mol. The van der Waals surface area contributed by atoms with E-state index >= 15 is 0 Å². The number of anilines is 1. The van der Waals surface area contributed by atoms with Gasteiger partial charge in [-0.05, 0) is 19.8 Å². The molecular formula is C12H19N3O2. The molecule has 17 heavy (non-hydrogen) atoms. The van der Waals surface area contributed by atoms with Crippen molar-refractivity contribution >= 4 is 5.82 Å². The SMILES string of the molecule is CCn1ccnc(NC2(CO)CCCC2)c1=O. The number of aliphatic hydroxyl groups excluding tert-OH is 1. The quantitative estimate of drug-likeness (QED) is 0.819. The Morgan fingerprint density at radius 2 is 2.24 bits per heavy atom. The van der Waals surface area contributed by atoms with Crippen LogP contribution >= 0.6 is 0 Å². The number of aromatic nitrogens is 2. The molecule has 2 rings (SSSR count). The van der Waals surface area contributed by atoms with Gasteiger partial charge in [-0.2, -0.15) is 0 Å². The average molecular weight is 237 g/mol. The van der Waals surface area contributed by atoms with Crippen molar-refractivity contribution < 1.29 is 5.11 Å². The van der Waals surface area contributed by atoms with Gasteiger partial charge in [0.05, 0.1) is 12.1 Å². The van der Waals surface area contributed by atoms with Gasteiger partial charge in [-0.15, -0.1) is 0 Å². The number of nitrogens with zero attached hydrogens (tertiary/aromatic N) is 2. The molecule has 1 fully saturated rings. The van der Waals surface area contributed by atoms with Gasteiger partial charge in [0.1, 0.15) is 0 Å². The highest BCUT2D eigenvalue weighted by molar-refractivity contribution is 5.35. The van der Waals surface area contributed by atoms with E-state index in [1.165, 1.54) is 0 Å². The summed E-state index contributed by atoms with van der Waals surface area (Å²) in [5.41, 5.74) is -0.464. The predicted octanol–water partition coefficient (Wildman–Crippen LogP) is 0.980. The molecule has 5 heteroatoms. The van der Waals surface area contributed by atoms with Gasteiger partial charge in [0.25, 0.3) is 5.56 Å². The Labute approximate surface area is 100 Å². The lowest BCUT2D eigenvalue weighted by atomic mass is 9.99. The largest absolute Gasteiger partial charge is 0.394 e. The van der Waals surface area contributed by atoms with Crippen LogP contribution in [0.5, 0.6) is 0 Å². The zero-order chi connectivity index (χ0) is 12.3. The van der Waals surface area contributed by atoms with Gasteiger partial charge in [-0.1, -0.05) is 12.8 Å². The summed E-state index contributed by atoms with van der Waals surface area (Å²) in [7, 11) is 0. The van der Waals surface area contributed by atoms with Crippen molar-refractivity contribution in [3.05, 3.63) is 22.7 Å². The molecule has 1 heterocycles. The summed E-state index contributed by atoms with van der Waals surface area (Å²) in [6.07, 6.45) is 7.25. The van der Waals surface area contributed by atoms with Crippen LogP contribution in [0.2, 0.25) is 0 Å². The van der Waals surface area contributed by atoms with E-state index in [-0.39, 0.29) is 17.7 Å². The summed E-state index contributed by atoms with van der Waals surface area (Å²) in [6, 6.07) is 0. The number of rotatable bonds is 4. The second-order valence-electron chi connectivity index (χ2n) is 4.64. The summed E-state index contributed by atoms with van der Waals surface area (Å²) in [4.78, 5) is 16.1. The maximum Gasteiger partial charge on any atom is 0.293 e. The lowest BCUT2D eigenvalue weighted by Crippen LogP contribution is -2.42. The first-order valence-electron chi connectivity index (χ1n) is 6.15. The molecular weight excluding hydrogens is 218 g/mol. The van der Waals surface area contributed by atoms with Gasteiger partial charge < -0.3 is 15.0 Å². The van der Waals surface area contributed by atoms with E-state index in [0.717, 1.165) is 25.7 Å². The fraction of sp³-hybridized carbons (Fsp3) is 0.667. The summed E-state index contributed by atoms with van der Waals surface area (Å²) in [5, 5.41) is 12.6. The van der Waals surface area contributed by atoms with Gasteiger partial charge >= 0.3 is 0 Å². The van der Waals surface area contributed by atoms with Gasteiger partial charge in [0.2, 0.25) is 0 Å². The summed E-state index contributed by atoms with van der Waals surface area (Å²) in [6.45, 7) is 2.60. The summed E-state index contributed by atoms with van der Waals surface area (Å²) in [5.74, 6) is 0.352. The van der Waals surface area contributed by atoms with Gasteiger partial charge in [-0.3, -0.25) is 4.79 Å². The highest BCUT2D eigenvalue weighted by Crippen LogP contribution is 2.31. The van der Waals surface area contributed by atoms with E-state index < -0.39 is 0 Å². The number of hydrogen-bond acceptors (Lipinski definition) is 4. The van der Waals surface area contributed by atoms with Crippen LogP contribution in [-0.4, -0.2) is 26.8 Å². The molecule has 0 radical (unpaired) electrons. The topological polar surface area (TPSA) is 67.2 Å². The minimum atomic E-state index is -0.348. The molecule has 5 nitrogen and oxygen atoms in total. The number of aliphatic hydroxyl groups is 1. The highest BCUT2D eigenvalue weighted by atomic mass is 16.3. The number of hydrogen-bond donors (Lipinski definition) is 2. The molecule has 0 saturated heterocycles. The van der Waals surface area contributed by atoms with Crippen LogP contribution in [0.4, 0.5) is 5.82 Å². The molecule has 2 N–H and O–H groups in total. The van der Waals surface area contributed by atoms with Crippen molar-refractivity contribution in [2.45, 2.75) is 44.7 Å². The molecule has 94 valence electrons. The van der Waals surface area contributed by atoms with Gasteiger partial charge in [-0.25, -0.2) is 4.98 Å². The lowest BCUT2D eigenvalue weighted by Gasteiger charge is -2.28. The third kappa shape index (κ3) is 2.34. The van der Waals surface area contributed by atoms with E-state index in [9.17, 15) is 9.90 Å². The molecule has 0 unspecified atom stereocenters. The minimum absolute atomic E-state index is 0.0507. The molecule has 0 aromatic carbocycles. The van der Waals surface area contributed by atoms with Crippen molar-refractivity contribution in [3.63, 3.8) is 0 Å². The molecule has 0 amide bonds. The molecule has 0 bridgehead atoms. The summed E-state index contributed by atoms with van der Waals surface area (Å²) >= 11 is 0. The van der Waals surface area contributed by atoms with Crippen LogP contribution in [0.1, 0.15) is 32.6 Å². The standard InChI is InChI=1S/C12H19N3O2/c1-2-15-8-7-13-10(11(15)17)14-12(9-16)5-3-4-6-12/h7-8,16H,2-6,9H2,1H3,(H,13,14). The van der Waals surface area contributed by atoms with Crippen LogP contribution < -0.4 is 10.9 Å². The Bertz CT molecular complexity index is 436. The maximum atomic E-state index is 12.0. The fourth-order valence-corrected chi connectivity index (χ4v) is 2.41. The van der Waals surface area contributed by atoms with Crippen molar-refractivity contribution in [1.82, 2.24) is 9.55 Å². The number of nitrogens with one attached hydrogen (secondary N) is 1. The Hall–Kier alpha value is -1.36. The molecule has 1 aromatic rings. The van der Waals surface area contributed by atoms with E-state index in [1.54, 1.807) is 17.0 Å². The molecule has 1 aliphatic rings. The summed E-state index contributed by atoms with van der Waals surface area (Å²) < 4.78 is 1.61. The van der Waals surface area contributed by atoms with Crippen LogP contribution in [0, 0.1) is 0 Å². The van der Waals surface area contributed by atoms with E-state index in [4.69, 9.17) is 0 Å². The zero-order valence-electron chi connectivity index (χ0n) is 10.1. The van der Waals surface area contributed by atoms with Gasteiger partial charge in [0.15, 0.2) is 5.82 Å². The fourth-order valence-electron chi connectivity index (χ4n) is 2.41. The second kappa shape index (κ2) is 4.87. The molecule has 1 saturated carbocycles. The van der Waals surface area contributed by atoms with Crippen molar-refractivity contribution in [2.75, 3.05) is 11.9 Å². The van der Waals surface area contributed by atoms with Crippen LogP contribution in [0.25, 0.3) is 0 Å². The molecule has 0 spiro atoms. The normalized spacial score (nSPS) is 18.2. The average Bonchev–Trinajstić information content (AvgIpc) is 2.81. The van der Waals surface area contributed by atoms with E-state index in [1.807, 2.05) is 6.92 Å². The number of aryl methyl sites for hydroxylation is 1. The smallest absolute Gasteiger partial charge is 0.293 e. The zero-order valence-corrected chi connectivity index (χ0v) is 10.1. The third-order valence-corrected chi connectivity index (χ3v) is 3.50. The molecule has 0 atom stereocenters. The molecule has 1 aliphatic carbocycles. The molecule has 1 aromatic heterocycles. The van der Waals surface area contributed by atoms with Crippen LogP contribution in [0.3, 0.4) is 0 Å². The maximum absolute atomic E-state index is 12.0. The first-order chi connectivity index (χ1) is 8.21. The Kier molecular flexibility index (Phi) is 3.47. The third-order valence-electron chi connectivity index (χ3n) is 3.50. The van der Waals surface area contributed by atoms with Crippen molar-refractivity contribution in [2.24, 2.45) is 0 Å².